The summed E-state index contributed by atoms with van der Waals surface area (Å²) in [5.74, 6) is -0.482. The molecule has 0 radical (unpaired) electrons. The monoisotopic (exact) mass is 477 g/mol. The van der Waals surface area contributed by atoms with Crippen LogP contribution >= 0.6 is 11.8 Å². The van der Waals surface area contributed by atoms with Gasteiger partial charge in [-0.05, 0) is 42.3 Å². The van der Waals surface area contributed by atoms with E-state index in [4.69, 9.17) is 0 Å². The lowest BCUT2D eigenvalue weighted by molar-refractivity contribution is -0.139. The third kappa shape index (κ3) is 4.59. The second-order valence-corrected chi connectivity index (χ2v) is 9.88. The first-order chi connectivity index (χ1) is 16.5. The number of aliphatic hydroxyl groups is 2. The summed E-state index contributed by atoms with van der Waals surface area (Å²) in [5, 5.41) is 29.0. The second kappa shape index (κ2) is 9.61. The molecule has 34 heavy (non-hydrogen) atoms. The van der Waals surface area contributed by atoms with E-state index in [1.54, 1.807) is 22.8 Å². The average molecular weight is 478 g/mol. The molecule has 1 aromatic heterocycles. The van der Waals surface area contributed by atoms with Gasteiger partial charge in [0, 0.05) is 36.9 Å². The van der Waals surface area contributed by atoms with Gasteiger partial charge in [0.05, 0.1) is 23.8 Å². The maximum absolute atomic E-state index is 13.4. The Labute approximate surface area is 202 Å². The average Bonchev–Trinajstić information content (AvgIpc) is 3.53. The van der Waals surface area contributed by atoms with Gasteiger partial charge in [-0.2, -0.15) is 5.10 Å². The highest BCUT2D eigenvalue weighted by Gasteiger charge is 2.50. The number of hydrogen-bond acceptors (Lipinski definition) is 7. The molecule has 0 saturated heterocycles. The maximum Gasteiger partial charge on any atom is 0.227 e. The Morgan fingerprint density at radius 1 is 1.15 bits per heavy atom. The van der Waals surface area contributed by atoms with Crippen LogP contribution in [0.15, 0.2) is 78.0 Å². The number of amides is 1. The van der Waals surface area contributed by atoms with Crippen LogP contribution in [0.4, 0.5) is 5.69 Å². The number of fused-ring (bicyclic) bond motifs is 1. The first-order valence-electron chi connectivity index (χ1n) is 11.3. The maximum atomic E-state index is 13.4. The number of aromatic nitrogens is 2. The van der Waals surface area contributed by atoms with Gasteiger partial charge < -0.3 is 20.4 Å². The predicted octanol–water partition coefficient (Wildman–Crippen LogP) is 2.52. The van der Waals surface area contributed by atoms with E-state index < -0.39 is 24.2 Å². The van der Waals surface area contributed by atoms with Crippen molar-refractivity contribution in [1.82, 2.24) is 14.7 Å². The lowest BCUT2D eigenvalue weighted by Crippen LogP contribution is -2.54. The summed E-state index contributed by atoms with van der Waals surface area (Å²) in [4.78, 5) is 19.7. The molecule has 2 heterocycles. The Bertz CT molecular complexity index is 1150. The predicted molar refractivity (Wildman–Crippen MR) is 133 cm³/mol. The third-order valence-electron chi connectivity index (χ3n) is 6.33. The number of carbonyl (C=O) groups is 1. The van der Waals surface area contributed by atoms with Gasteiger partial charge in [-0.1, -0.05) is 42.1 Å². The SMILES string of the molecule is CN(Cc1ccccc1)C(=O)[C@H]1C[C@@H](O)[C@H](O)[C@@H]2N=C(Nc3ccc(-n4cccn4)cc3)S[C@@H]21. The summed E-state index contributed by atoms with van der Waals surface area (Å²) in [7, 11) is 1.78. The fourth-order valence-corrected chi connectivity index (χ4v) is 5.92. The molecule has 3 aromatic rings. The van der Waals surface area contributed by atoms with Gasteiger partial charge in [-0.3, -0.25) is 9.79 Å². The van der Waals surface area contributed by atoms with Crippen molar-refractivity contribution >= 4 is 28.5 Å². The molecule has 176 valence electrons. The molecule has 5 atom stereocenters. The molecule has 9 heteroatoms. The highest BCUT2D eigenvalue weighted by atomic mass is 32.2. The number of carbonyl (C=O) groups excluding carboxylic acids is 1. The molecule has 1 aliphatic heterocycles. The fraction of sp³-hybridized carbons (Fsp3) is 0.320. The molecule has 2 aromatic carbocycles. The first-order valence-corrected chi connectivity index (χ1v) is 12.1. The summed E-state index contributed by atoms with van der Waals surface area (Å²) < 4.78 is 1.78. The standard InChI is InChI=1S/C25H27N5O3S/c1-29(15-16-6-3-2-4-7-16)24(33)19-14-20(31)22(32)21-23(19)34-25(28-21)27-17-8-10-18(11-9-17)30-13-5-12-26-30/h2-13,19-23,31-32H,14-15H2,1H3,(H,27,28)/t19-,20+,21-,22-,23+/m0/s1. The molecule has 8 nitrogen and oxygen atoms in total. The minimum absolute atomic E-state index is 0.0441. The summed E-state index contributed by atoms with van der Waals surface area (Å²) in [6, 6.07) is 18.9. The molecule has 0 unspecified atom stereocenters. The number of amidine groups is 1. The van der Waals surface area contributed by atoms with Gasteiger partial charge >= 0.3 is 0 Å². The molecule has 3 N–H and O–H groups in total. The molecule has 2 aliphatic rings. The van der Waals surface area contributed by atoms with Crippen molar-refractivity contribution in [3.8, 4) is 5.69 Å². The zero-order chi connectivity index (χ0) is 23.7. The largest absolute Gasteiger partial charge is 0.390 e. The van der Waals surface area contributed by atoms with Crippen LogP contribution in [-0.2, 0) is 11.3 Å². The Morgan fingerprint density at radius 2 is 1.91 bits per heavy atom. The minimum Gasteiger partial charge on any atom is -0.390 e. The van der Waals surface area contributed by atoms with Gasteiger partial charge in [-0.25, -0.2) is 4.68 Å². The van der Waals surface area contributed by atoms with Crippen LogP contribution in [-0.4, -0.2) is 66.5 Å². The number of rotatable bonds is 5. The lowest BCUT2D eigenvalue weighted by Gasteiger charge is -2.38. The van der Waals surface area contributed by atoms with Crippen LogP contribution in [0.2, 0.25) is 0 Å². The molecule has 1 saturated carbocycles. The van der Waals surface area contributed by atoms with Crippen LogP contribution in [0, 0.1) is 5.92 Å². The zero-order valence-electron chi connectivity index (χ0n) is 18.7. The number of benzene rings is 2. The smallest absolute Gasteiger partial charge is 0.227 e. The molecule has 5 rings (SSSR count). The van der Waals surface area contributed by atoms with E-state index in [2.05, 4.69) is 15.4 Å². The lowest BCUT2D eigenvalue weighted by atomic mass is 9.80. The summed E-state index contributed by atoms with van der Waals surface area (Å²) in [6.45, 7) is 0.492. The van der Waals surface area contributed by atoms with E-state index in [0.717, 1.165) is 16.9 Å². The van der Waals surface area contributed by atoms with Crippen molar-refractivity contribution in [3.63, 3.8) is 0 Å². The first kappa shape index (κ1) is 22.6. The van der Waals surface area contributed by atoms with Crippen LogP contribution in [0.1, 0.15) is 12.0 Å². The summed E-state index contributed by atoms with van der Waals surface area (Å²) in [6.07, 6.45) is 1.84. The third-order valence-corrected chi connectivity index (χ3v) is 7.64. The highest BCUT2D eigenvalue weighted by molar-refractivity contribution is 8.15. The molecule has 0 spiro atoms. The zero-order valence-corrected chi connectivity index (χ0v) is 19.5. The molecule has 0 bridgehead atoms. The summed E-state index contributed by atoms with van der Waals surface area (Å²) >= 11 is 1.46. The Kier molecular flexibility index (Phi) is 6.40. The van der Waals surface area contributed by atoms with E-state index >= 15 is 0 Å². The van der Waals surface area contributed by atoms with E-state index in [9.17, 15) is 15.0 Å². The molecule has 1 fully saturated rings. The van der Waals surface area contributed by atoms with Crippen molar-refractivity contribution < 1.29 is 15.0 Å². The Hall–Kier alpha value is -3.14. The van der Waals surface area contributed by atoms with E-state index in [1.165, 1.54) is 11.8 Å². The number of nitrogens with one attached hydrogen (secondary N) is 1. The number of hydrogen-bond donors (Lipinski definition) is 3. The van der Waals surface area contributed by atoms with Crippen LogP contribution in [0.5, 0.6) is 0 Å². The van der Waals surface area contributed by atoms with Gasteiger partial charge in [0.2, 0.25) is 5.91 Å². The van der Waals surface area contributed by atoms with Crippen LogP contribution in [0.25, 0.3) is 5.69 Å². The molecular formula is C25H27N5O3S. The van der Waals surface area contributed by atoms with Gasteiger partial charge in [0.15, 0.2) is 5.17 Å². The van der Waals surface area contributed by atoms with Crippen molar-refractivity contribution in [2.45, 2.75) is 36.5 Å². The number of nitrogens with zero attached hydrogens (tertiary/aromatic N) is 4. The fourth-order valence-electron chi connectivity index (χ4n) is 4.55. The second-order valence-electron chi connectivity index (χ2n) is 8.71. The van der Waals surface area contributed by atoms with E-state index in [0.29, 0.717) is 11.7 Å². The number of anilines is 1. The van der Waals surface area contributed by atoms with Gasteiger partial charge in [0.1, 0.15) is 6.10 Å². The van der Waals surface area contributed by atoms with Crippen molar-refractivity contribution in [1.29, 1.82) is 0 Å². The highest BCUT2D eigenvalue weighted by Crippen LogP contribution is 2.42. The Balaban J connectivity index is 1.28. The van der Waals surface area contributed by atoms with Gasteiger partial charge in [-0.15, -0.1) is 0 Å². The Morgan fingerprint density at radius 3 is 2.62 bits per heavy atom. The van der Waals surface area contributed by atoms with Crippen molar-refractivity contribution in [2.75, 3.05) is 12.4 Å². The van der Waals surface area contributed by atoms with Crippen molar-refractivity contribution in [3.05, 3.63) is 78.6 Å². The topological polar surface area (TPSA) is 103 Å². The number of aliphatic imine (C=N–C) groups is 1. The van der Waals surface area contributed by atoms with Crippen molar-refractivity contribution in [2.24, 2.45) is 10.9 Å². The van der Waals surface area contributed by atoms with E-state index in [-0.39, 0.29) is 17.6 Å². The number of thioether (sulfide) groups is 1. The normalized spacial score (nSPS) is 26.0. The molecule has 1 amide bonds. The van der Waals surface area contributed by atoms with Crippen LogP contribution in [0.3, 0.4) is 0 Å². The quantitative estimate of drug-likeness (QED) is 0.522. The minimum atomic E-state index is -0.998. The summed E-state index contributed by atoms with van der Waals surface area (Å²) in [5.41, 5.74) is 2.83. The number of aliphatic hydroxyl groups excluding tert-OH is 2. The van der Waals surface area contributed by atoms with Gasteiger partial charge in [0.25, 0.3) is 0 Å². The molecule has 1 aliphatic carbocycles. The molecular weight excluding hydrogens is 450 g/mol. The van der Waals surface area contributed by atoms with E-state index in [1.807, 2.05) is 66.9 Å². The van der Waals surface area contributed by atoms with Crippen LogP contribution < -0.4 is 5.32 Å².